The Kier molecular flexibility index (Phi) is 4.84. The van der Waals surface area contributed by atoms with Gasteiger partial charge >= 0.3 is 147 Å². The van der Waals surface area contributed by atoms with E-state index in [0.717, 1.165) is 0 Å². The first kappa shape index (κ1) is 16.6. The van der Waals surface area contributed by atoms with E-state index in [0.29, 0.717) is 0 Å². The van der Waals surface area contributed by atoms with Crippen molar-refractivity contribution in [3.63, 3.8) is 0 Å². The molecule has 0 radical (unpaired) electrons. The molecule has 0 N–H and O–H groups in total. The van der Waals surface area contributed by atoms with E-state index in [1.807, 2.05) is 0 Å². The van der Waals surface area contributed by atoms with Crippen molar-refractivity contribution < 1.29 is 0 Å². The van der Waals surface area contributed by atoms with Crippen LogP contribution in [-0.4, -0.2) is 17.3 Å². The van der Waals surface area contributed by atoms with Crippen LogP contribution >= 0.6 is 8.92 Å². The molecule has 3 rings (SSSR count). The average Bonchev–Trinajstić information content (AvgIpc) is 2.55. The molecule has 0 aliphatic carbocycles. The first-order valence-corrected chi connectivity index (χ1v) is 15.8. The van der Waals surface area contributed by atoms with E-state index in [-0.39, 0.29) is 0 Å². The summed E-state index contributed by atoms with van der Waals surface area (Å²) < 4.78 is 4.06. The molecule has 0 amide bonds. The molecule has 3 aromatic carbocycles. The maximum atomic E-state index is 7.64. The Bertz CT molecular complexity index is 728. The van der Waals surface area contributed by atoms with Crippen molar-refractivity contribution >= 4 is 36.9 Å². The van der Waals surface area contributed by atoms with E-state index in [1.54, 1.807) is 0 Å². The van der Waals surface area contributed by atoms with E-state index in [1.165, 1.54) is 27.4 Å². The molecule has 0 saturated carbocycles. The summed E-state index contributed by atoms with van der Waals surface area (Å²) in [6.45, 7) is 6.54. The summed E-state index contributed by atoms with van der Waals surface area (Å²) in [4.78, 5) is 0. The molecule has 0 aliphatic heterocycles. The molecule has 0 bridgehead atoms. The number of hydrogen-bond acceptors (Lipinski definition) is 0. The van der Waals surface area contributed by atoms with Crippen LogP contribution in [0.25, 0.3) is 0 Å². The summed E-state index contributed by atoms with van der Waals surface area (Å²) in [5, 5.41) is 0. The van der Waals surface area contributed by atoms with E-state index < -0.39 is 17.3 Å². The first-order valence-electron chi connectivity index (χ1n) is 7.92. The molecule has 0 fully saturated rings. The number of halogens is 1. The molecule has 2 heteroatoms. The van der Waals surface area contributed by atoms with Crippen LogP contribution in [0.15, 0.2) is 72.8 Å². The Balaban J connectivity index is 2.38. The van der Waals surface area contributed by atoms with E-state index in [4.69, 9.17) is 8.92 Å². The molecule has 0 atom stereocenters. The van der Waals surface area contributed by atoms with Gasteiger partial charge in [0, 0.05) is 0 Å². The molecular weight excluding hydrogens is 406 g/mol. The topological polar surface area (TPSA) is 0 Å². The van der Waals surface area contributed by atoms with Crippen molar-refractivity contribution in [2.75, 3.05) is 0 Å². The third kappa shape index (κ3) is 2.95. The summed E-state index contributed by atoms with van der Waals surface area (Å²) in [5.41, 5.74) is 3.89. The molecule has 0 spiro atoms. The molecule has 0 aromatic heterocycles. The van der Waals surface area contributed by atoms with Crippen molar-refractivity contribution in [1.29, 1.82) is 0 Å². The van der Waals surface area contributed by atoms with E-state index in [2.05, 4.69) is 93.6 Å². The van der Waals surface area contributed by atoms with Crippen LogP contribution in [-0.2, 0) is 0 Å². The van der Waals surface area contributed by atoms with Gasteiger partial charge in [0.2, 0.25) is 0 Å². The molecular formula is C21H21ClSn. The first-order chi connectivity index (χ1) is 11.0. The second kappa shape index (κ2) is 6.70. The van der Waals surface area contributed by atoms with Gasteiger partial charge in [0.15, 0.2) is 0 Å². The fourth-order valence-electron chi connectivity index (χ4n) is 3.31. The van der Waals surface area contributed by atoms with Gasteiger partial charge in [0.05, 0.1) is 0 Å². The monoisotopic (exact) mass is 428 g/mol. The standard InChI is InChI=1S/3C7H7.ClH.Sn/c3*1-7-5-3-2-4-6-7;;/h3*2-5H,1H3;1H;/q;;;;+1/p-1. The Hall–Kier alpha value is -1.25. The Morgan fingerprint density at radius 3 is 1.04 bits per heavy atom. The Labute approximate surface area is 146 Å². The van der Waals surface area contributed by atoms with Crippen molar-refractivity contribution in [1.82, 2.24) is 0 Å². The predicted octanol–water partition coefficient (Wildman–Crippen LogP) is 3.82. The Morgan fingerprint density at radius 2 is 0.783 bits per heavy atom. The van der Waals surface area contributed by atoms with Gasteiger partial charge in [-0.1, -0.05) is 0 Å². The normalized spacial score (nSPS) is 11.5. The van der Waals surface area contributed by atoms with Gasteiger partial charge in [-0.25, -0.2) is 0 Å². The molecule has 0 unspecified atom stereocenters. The molecule has 0 heterocycles. The van der Waals surface area contributed by atoms with Crippen LogP contribution in [0.2, 0.25) is 0 Å². The van der Waals surface area contributed by atoms with Crippen LogP contribution in [0.3, 0.4) is 0 Å². The molecule has 3 aromatic rings. The average molecular weight is 428 g/mol. The van der Waals surface area contributed by atoms with Crippen LogP contribution < -0.4 is 10.7 Å². The minimum absolute atomic E-state index is 1.30. The van der Waals surface area contributed by atoms with Gasteiger partial charge in [-0.15, -0.1) is 0 Å². The quantitative estimate of drug-likeness (QED) is 0.558. The van der Waals surface area contributed by atoms with E-state index in [9.17, 15) is 0 Å². The third-order valence-electron chi connectivity index (χ3n) is 4.55. The van der Waals surface area contributed by atoms with Crippen LogP contribution in [0.5, 0.6) is 0 Å². The molecule has 0 saturated heterocycles. The fraction of sp³-hybridized carbons (Fsp3) is 0.143. The molecule has 0 nitrogen and oxygen atoms in total. The molecule has 23 heavy (non-hydrogen) atoms. The Morgan fingerprint density at radius 1 is 0.522 bits per heavy atom. The number of aryl methyl sites for hydroxylation is 3. The second-order valence-corrected chi connectivity index (χ2v) is 18.3. The molecule has 0 aliphatic rings. The van der Waals surface area contributed by atoms with Gasteiger partial charge in [-0.05, 0) is 0 Å². The van der Waals surface area contributed by atoms with Gasteiger partial charge in [0.25, 0.3) is 0 Å². The number of benzene rings is 3. The summed E-state index contributed by atoms with van der Waals surface area (Å²) in [7, 11) is 7.64. The summed E-state index contributed by atoms with van der Waals surface area (Å²) >= 11 is -3.49. The van der Waals surface area contributed by atoms with Gasteiger partial charge < -0.3 is 0 Å². The van der Waals surface area contributed by atoms with Crippen molar-refractivity contribution in [3.05, 3.63) is 89.5 Å². The predicted molar refractivity (Wildman–Crippen MR) is 104 cm³/mol. The minimum atomic E-state index is -3.49. The SMILES string of the molecule is Cc1cccc[c]1[Sn]([Cl])([c]1ccccc1C)[c]1ccccc1C. The summed E-state index contributed by atoms with van der Waals surface area (Å²) in [6, 6.07) is 25.9. The van der Waals surface area contributed by atoms with Crippen LogP contribution in [0.4, 0.5) is 0 Å². The van der Waals surface area contributed by atoms with Crippen molar-refractivity contribution in [3.8, 4) is 0 Å². The molecule has 116 valence electrons. The fourth-order valence-corrected chi connectivity index (χ4v) is 18.2. The zero-order valence-electron chi connectivity index (χ0n) is 13.8. The van der Waals surface area contributed by atoms with Crippen molar-refractivity contribution in [2.45, 2.75) is 20.8 Å². The zero-order valence-corrected chi connectivity index (χ0v) is 17.4. The van der Waals surface area contributed by atoms with Gasteiger partial charge in [0.1, 0.15) is 0 Å². The van der Waals surface area contributed by atoms with Gasteiger partial charge in [-0.3, -0.25) is 0 Å². The number of hydrogen-bond donors (Lipinski definition) is 0. The van der Waals surface area contributed by atoms with Crippen LogP contribution in [0, 0.1) is 20.8 Å². The van der Waals surface area contributed by atoms with Gasteiger partial charge in [-0.2, -0.15) is 0 Å². The zero-order chi connectivity index (χ0) is 16.4. The summed E-state index contributed by atoms with van der Waals surface area (Å²) in [6.07, 6.45) is 0. The summed E-state index contributed by atoms with van der Waals surface area (Å²) in [5.74, 6) is 0. The van der Waals surface area contributed by atoms with Crippen LogP contribution in [0.1, 0.15) is 16.7 Å². The second-order valence-electron chi connectivity index (χ2n) is 6.10. The maximum absolute atomic E-state index is 7.64. The third-order valence-corrected chi connectivity index (χ3v) is 19.8. The van der Waals surface area contributed by atoms with E-state index >= 15 is 0 Å². The van der Waals surface area contributed by atoms with Crippen molar-refractivity contribution in [2.24, 2.45) is 0 Å². The number of rotatable bonds is 3.